The van der Waals surface area contributed by atoms with E-state index in [1.54, 1.807) is 53.8 Å². The molecule has 2 heterocycles. The van der Waals surface area contributed by atoms with E-state index in [-0.39, 0.29) is 17.6 Å². The van der Waals surface area contributed by atoms with Crippen LogP contribution in [0, 0.1) is 11.3 Å². The van der Waals surface area contributed by atoms with Crippen molar-refractivity contribution in [3.05, 3.63) is 84.2 Å². The van der Waals surface area contributed by atoms with Crippen LogP contribution in [0.1, 0.15) is 35.2 Å². The normalized spacial score (nSPS) is 12.0. The molecular formula is C26H20F3N5O3. The standard InChI is InChI=1S/C26H20F3N5O3/c1-2-16(13-30)17-5-3-6-18(11-17)24(35)31-19-7-4-8-20(12-19)37-21-9-10-23-32-22(15-34(23)14-21)33-25(36)26(27,28)29/h3-12,14-16H,2H2,1H3,(H,31,35)(H,33,36). The van der Waals surface area contributed by atoms with Crippen LogP contribution in [-0.4, -0.2) is 27.4 Å². The van der Waals surface area contributed by atoms with Crippen LogP contribution in [0.4, 0.5) is 24.7 Å². The van der Waals surface area contributed by atoms with Crippen LogP contribution in [0.2, 0.25) is 0 Å². The lowest BCUT2D eigenvalue weighted by Crippen LogP contribution is -2.30. The summed E-state index contributed by atoms with van der Waals surface area (Å²) in [4.78, 5) is 27.8. The Morgan fingerprint density at radius 2 is 1.84 bits per heavy atom. The predicted molar refractivity (Wildman–Crippen MR) is 129 cm³/mol. The Labute approximate surface area is 209 Å². The molecule has 0 aliphatic heterocycles. The minimum atomic E-state index is -5.03. The van der Waals surface area contributed by atoms with Crippen molar-refractivity contribution in [1.29, 1.82) is 5.26 Å². The van der Waals surface area contributed by atoms with Gasteiger partial charge in [0, 0.05) is 17.3 Å². The Morgan fingerprint density at radius 1 is 1.05 bits per heavy atom. The number of nitrogens with zero attached hydrogens (tertiary/aromatic N) is 3. The first-order chi connectivity index (χ1) is 17.7. The maximum absolute atomic E-state index is 12.8. The fraction of sp³-hybridized carbons (Fsp3) is 0.154. The van der Waals surface area contributed by atoms with Gasteiger partial charge in [0.1, 0.15) is 17.1 Å². The maximum atomic E-state index is 12.8. The van der Waals surface area contributed by atoms with Gasteiger partial charge in [-0.15, -0.1) is 0 Å². The molecule has 4 rings (SSSR count). The summed E-state index contributed by atoms with van der Waals surface area (Å²) in [6.07, 6.45) is -1.68. The van der Waals surface area contributed by atoms with Gasteiger partial charge in [0.15, 0.2) is 5.82 Å². The van der Waals surface area contributed by atoms with Crippen LogP contribution in [0.5, 0.6) is 11.5 Å². The molecule has 1 atom stereocenters. The molecule has 0 saturated carbocycles. The second-order valence-corrected chi connectivity index (χ2v) is 8.01. The van der Waals surface area contributed by atoms with E-state index in [0.717, 1.165) is 5.56 Å². The zero-order valence-corrected chi connectivity index (χ0v) is 19.4. The van der Waals surface area contributed by atoms with Gasteiger partial charge in [-0.05, 0) is 48.4 Å². The van der Waals surface area contributed by atoms with Gasteiger partial charge in [0.05, 0.1) is 24.4 Å². The van der Waals surface area contributed by atoms with Crippen molar-refractivity contribution in [3.8, 4) is 17.6 Å². The van der Waals surface area contributed by atoms with Gasteiger partial charge in [-0.25, -0.2) is 4.98 Å². The van der Waals surface area contributed by atoms with Crippen LogP contribution >= 0.6 is 0 Å². The SMILES string of the molecule is CCC(C#N)c1cccc(C(=O)Nc2cccc(Oc3ccc4nc(NC(=O)C(F)(F)F)cn4c3)c2)c1. The third-order valence-electron chi connectivity index (χ3n) is 5.37. The van der Waals surface area contributed by atoms with Crippen molar-refractivity contribution < 1.29 is 27.5 Å². The highest BCUT2D eigenvalue weighted by Gasteiger charge is 2.39. The van der Waals surface area contributed by atoms with E-state index >= 15 is 0 Å². The smallest absolute Gasteiger partial charge is 0.456 e. The number of nitrogens with one attached hydrogen (secondary N) is 2. The van der Waals surface area contributed by atoms with Gasteiger partial charge < -0.3 is 19.8 Å². The highest BCUT2D eigenvalue weighted by molar-refractivity contribution is 6.04. The third-order valence-corrected chi connectivity index (χ3v) is 5.37. The van der Waals surface area contributed by atoms with Gasteiger partial charge in [0.25, 0.3) is 5.91 Å². The van der Waals surface area contributed by atoms with Crippen LogP contribution in [0.3, 0.4) is 0 Å². The molecule has 2 N–H and O–H groups in total. The fourth-order valence-electron chi connectivity index (χ4n) is 3.55. The number of imidazole rings is 1. The molecule has 0 saturated heterocycles. The molecular weight excluding hydrogens is 487 g/mol. The topological polar surface area (TPSA) is 109 Å². The van der Waals surface area contributed by atoms with Gasteiger partial charge >= 0.3 is 12.1 Å². The van der Waals surface area contributed by atoms with E-state index in [0.29, 0.717) is 34.8 Å². The molecule has 1 unspecified atom stereocenters. The van der Waals surface area contributed by atoms with Crippen LogP contribution in [0.15, 0.2) is 73.1 Å². The van der Waals surface area contributed by atoms with Gasteiger partial charge in [-0.1, -0.05) is 25.1 Å². The molecule has 2 amide bonds. The lowest BCUT2D eigenvalue weighted by Gasteiger charge is -2.11. The molecule has 37 heavy (non-hydrogen) atoms. The Morgan fingerprint density at radius 3 is 2.57 bits per heavy atom. The van der Waals surface area contributed by atoms with Crippen molar-refractivity contribution in [3.63, 3.8) is 0 Å². The minimum absolute atomic E-state index is 0.256. The summed E-state index contributed by atoms with van der Waals surface area (Å²) in [7, 11) is 0. The number of hydrogen-bond acceptors (Lipinski definition) is 5. The van der Waals surface area contributed by atoms with Crippen LogP contribution in [-0.2, 0) is 4.79 Å². The summed E-state index contributed by atoms with van der Waals surface area (Å²) < 4.78 is 44.7. The van der Waals surface area contributed by atoms with E-state index in [1.165, 1.54) is 22.9 Å². The second-order valence-electron chi connectivity index (χ2n) is 8.01. The van der Waals surface area contributed by atoms with Crippen molar-refractivity contribution in [2.45, 2.75) is 25.4 Å². The quantitative estimate of drug-likeness (QED) is 0.324. The van der Waals surface area contributed by atoms with E-state index in [2.05, 4.69) is 16.4 Å². The molecule has 2 aromatic heterocycles. The van der Waals surface area contributed by atoms with Gasteiger partial charge in [0.2, 0.25) is 0 Å². The van der Waals surface area contributed by atoms with Gasteiger partial charge in [-0.2, -0.15) is 18.4 Å². The Hall–Kier alpha value is -4.85. The monoisotopic (exact) mass is 507 g/mol. The number of aromatic nitrogens is 2. The lowest BCUT2D eigenvalue weighted by atomic mass is 9.96. The molecule has 0 aliphatic carbocycles. The van der Waals surface area contributed by atoms with Crippen molar-refractivity contribution >= 4 is 29.0 Å². The first kappa shape index (κ1) is 25.2. The second kappa shape index (κ2) is 10.4. The number of anilines is 2. The number of nitriles is 1. The van der Waals surface area contributed by atoms with E-state index in [9.17, 15) is 28.0 Å². The van der Waals surface area contributed by atoms with Crippen LogP contribution in [0.25, 0.3) is 5.65 Å². The maximum Gasteiger partial charge on any atom is 0.471 e. The number of ether oxygens (including phenoxy) is 1. The molecule has 0 aliphatic rings. The number of rotatable bonds is 7. The van der Waals surface area contributed by atoms with E-state index in [4.69, 9.17) is 4.74 Å². The zero-order chi connectivity index (χ0) is 26.6. The van der Waals surface area contributed by atoms with Crippen LogP contribution < -0.4 is 15.4 Å². The molecule has 0 bridgehead atoms. The number of benzene rings is 2. The first-order valence-corrected chi connectivity index (χ1v) is 11.1. The molecule has 0 fully saturated rings. The number of alkyl halides is 3. The highest BCUT2D eigenvalue weighted by atomic mass is 19.4. The van der Waals surface area contributed by atoms with Crippen molar-refractivity contribution in [1.82, 2.24) is 9.38 Å². The lowest BCUT2D eigenvalue weighted by molar-refractivity contribution is -0.167. The largest absolute Gasteiger partial charge is 0.471 e. The molecule has 188 valence electrons. The molecule has 8 nitrogen and oxygen atoms in total. The first-order valence-electron chi connectivity index (χ1n) is 11.1. The number of carbonyl (C=O) groups excluding carboxylic acids is 2. The number of pyridine rings is 1. The number of amides is 2. The summed E-state index contributed by atoms with van der Waals surface area (Å²) in [5.74, 6) is -2.28. The van der Waals surface area contributed by atoms with Crippen molar-refractivity contribution in [2.75, 3.05) is 10.6 Å². The van der Waals surface area contributed by atoms with Gasteiger partial charge in [-0.3, -0.25) is 9.59 Å². The summed E-state index contributed by atoms with van der Waals surface area (Å²) in [5, 5.41) is 13.8. The number of fused-ring (bicyclic) bond motifs is 1. The predicted octanol–water partition coefficient (Wildman–Crippen LogP) is 5.90. The number of carbonyl (C=O) groups is 2. The minimum Gasteiger partial charge on any atom is -0.456 e. The zero-order valence-electron chi connectivity index (χ0n) is 19.4. The Balaban J connectivity index is 1.46. The van der Waals surface area contributed by atoms with E-state index < -0.39 is 12.1 Å². The molecule has 4 aromatic rings. The fourth-order valence-corrected chi connectivity index (χ4v) is 3.55. The summed E-state index contributed by atoms with van der Waals surface area (Å²) in [5.41, 5.74) is 1.96. The summed E-state index contributed by atoms with van der Waals surface area (Å²) in [6, 6.07) is 18.9. The molecule has 0 spiro atoms. The summed E-state index contributed by atoms with van der Waals surface area (Å²) in [6.45, 7) is 1.90. The number of halogens is 3. The number of hydrogen-bond donors (Lipinski definition) is 2. The Kier molecular flexibility index (Phi) is 7.11. The van der Waals surface area contributed by atoms with Crippen molar-refractivity contribution in [2.24, 2.45) is 0 Å². The molecule has 2 aromatic carbocycles. The average Bonchev–Trinajstić information content (AvgIpc) is 3.26. The molecule has 0 radical (unpaired) electrons. The van der Waals surface area contributed by atoms with E-state index in [1.807, 2.05) is 13.0 Å². The third kappa shape index (κ3) is 6.05. The average molecular weight is 507 g/mol. The highest BCUT2D eigenvalue weighted by Crippen LogP contribution is 2.26. The summed E-state index contributed by atoms with van der Waals surface area (Å²) >= 11 is 0. The molecule has 11 heteroatoms. The Bertz CT molecular complexity index is 1510.